The summed E-state index contributed by atoms with van der Waals surface area (Å²) in [4.78, 5) is 26.0. The van der Waals surface area contributed by atoms with Gasteiger partial charge in [-0.3, -0.25) is 4.98 Å². The van der Waals surface area contributed by atoms with E-state index in [1.165, 1.54) is 11.3 Å². The molecule has 0 radical (unpaired) electrons. The summed E-state index contributed by atoms with van der Waals surface area (Å²) in [5.41, 5.74) is 2.97. The topological polar surface area (TPSA) is 96.7 Å². The number of aliphatic carboxylic acids is 1. The van der Waals surface area contributed by atoms with E-state index in [2.05, 4.69) is 56.8 Å². The maximum atomic E-state index is 12.0. The van der Waals surface area contributed by atoms with E-state index in [4.69, 9.17) is 4.84 Å². The molecule has 8 heteroatoms. The van der Waals surface area contributed by atoms with Crippen LogP contribution >= 0.6 is 11.3 Å². The van der Waals surface area contributed by atoms with Crippen molar-refractivity contribution in [1.82, 2.24) is 9.97 Å². The van der Waals surface area contributed by atoms with Crippen LogP contribution in [-0.4, -0.2) is 26.8 Å². The molecule has 3 aromatic carbocycles. The lowest BCUT2D eigenvalue weighted by atomic mass is 9.77. The molecule has 0 saturated carbocycles. The zero-order chi connectivity index (χ0) is 26.2. The van der Waals surface area contributed by atoms with E-state index in [-0.39, 0.29) is 18.0 Å². The van der Waals surface area contributed by atoms with Gasteiger partial charge >= 0.3 is 5.97 Å². The van der Waals surface area contributed by atoms with Gasteiger partial charge in [0.15, 0.2) is 5.13 Å². The van der Waals surface area contributed by atoms with Crippen molar-refractivity contribution < 1.29 is 14.7 Å². The number of thiazole rings is 1. The summed E-state index contributed by atoms with van der Waals surface area (Å²) in [6, 6.07) is 33.9. The Labute approximate surface area is 224 Å². The number of hydrogen-bond acceptors (Lipinski definition) is 7. The Hall–Kier alpha value is -4.82. The number of carboxylic acid groups (broad SMARTS) is 1. The van der Waals surface area contributed by atoms with Crippen molar-refractivity contribution in [2.75, 3.05) is 5.32 Å². The van der Waals surface area contributed by atoms with Crippen molar-refractivity contribution in [3.63, 3.8) is 0 Å². The molecular formula is C30H24N4O3S. The highest BCUT2D eigenvalue weighted by Crippen LogP contribution is 2.40. The molecule has 0 amide bonds. The van der Waals surface area contributed by atoms with Crippen LogP contribution in [-0.2, 0) is 21.8 Å². The van der Waals surface area contributed by atoms with E-state index in [9.17, 15) is 9.90 Å². The second-order valence-corrected chi connectivity index (χ2v) is 9.25. The van der Waals surface area contributed by atoms with Gasteiger partial charge in [-0.05, 0) is 22.8 Å². The third-order valence-electron chi connectivity index (χ3n) is 5.97. The van der Waals surface area contributed by atoms with E-state index >= 15 is 0 Å². The molecule has 5 rings (SSSR count). The third-order valence-corrected chi connectivity index (χ3v) is 6.73. The lowest BCUT2D eigenvalue weighted by Crippen LogP contribution is -2.38. The number of benzene rings is 3. The molecular weight excluding hydrogens is 496 g/mol. The maximum absolute atomic E-state index is 12.0. The summed E-state index contributed by atoms with van der Waals surface area (Å²) in [6.45, 7) is 0.0962. The van der Waals surface area contributed by atoms with Gasteiger partial charge in [0.05, 0.1) is 0 Å². The fourth-order valence-corrected chi connectivity index (χ4v) is 4.98. The average molecular weight is 521 g/mol. The van der Waals surface area contributed by atoms with Crippen LogP contribution < -0.4 is 5.32 Å². The average Bonchev–Trinajstić information content (AvgIpc) is 3.43. The highest BCUT2D eigenvalue weighted by Gasteiger charge is 2.37. The minimum Gasteiger partial charge on any atom is -0.476 e. The zero-order valence-electron chi connectivity index (χ0n) is 20.3. The summed E-state index contributed by atoms with van der Waals surface area (Å²) in [6.07, 6.45) is 3.29. The van der Waals surface area contributed by atoms with Crippen LogP contribution in [0.1, 0.15) is 27.9 Å². The molecule has 188 valence electrons. The van der Waals surface area contributed by atoms with Crippen LogP contribution in [0, 0.1) is 0 Å². The third kappa shape index (κ3) is 5.30. The highest BCUT2D eigenvalue weighted by atomic mass is 32.1. The number of nitrogens with one attached hydrogen (secondary N) is 1. The van der Waals surface area contributed by atoms with Crippen molar-refractivity contribution in [3.05, 3.63) is 149 Å². The predicted molar refractivity (Wildman–Crippen MR) is 148 cm³/mol. The Morgan fingerprint density at radius 2 is 1.45 bits per heavy atom. The first-order chi connectivity index (χ1) is 18.7. The molecule has 0 aliphatic carbocycles. The Morgan fingerprint density at radius 3 is 1.95 bits per heavy atom. The molecule has 0 saturated heterocycles. The second-order valence-electron chi connectivity index (χ2n) is 8.39. The molecule has 0 fully saturated rings. The normalized spacial score (nSPS) is 11.6. The Balaban J connectivity index is 1.53. The van der Waals surface area contributed by atoms with Crippen molar-refractivity contribution in [3.8, 4) is 0 Å². The molecule has 5 aromatic rings. The summed E-state index contributed by atoms with van der Waals surface area (Å²) in [5.74, 6) is -1.23. The number of pyridine rings is 1. The minimum absolute atomic E-state index is 0.0962. The number of anilines is 1. The molecule has 2 heterocycles. The SMILES string of the molecule is O=C(O)C(=NOCc1cccnc1)c1csc(NC(c2ccccc2)(c2ccccc2)c2ccccc2)n1. The fraction of sp³-hybridized carbons (Fsp3) is 0.0667. The molecule has 0 aliphatic rings. The maximum Gasteiger partial charge on any atom is 0.360 e. The monoisotopic (exact) mass is 520 g/mol. The number of carboxylic acids is 1. The van der Waals surface area contributed by atoms with Gasteiger partial charge in [-0.1, -0.05) is 102 Å². The van der Waals surface area contributed by atoms with Gasteiger partial charge in [0, 0.05) is 23.3 Å². The lowest BCUT2D eigenvalue weighted by molar-refractivity contribution is -0.129. The molecule has 2 N–H and O–H groups in total. The molecule has 0 aliphatic heterocycles. The van der Waals surface area contributed by atoms with Gasteiger partial charge in [0.1, 0.15) is 17.8 Å². The molecule has 0 spiro atoms. The number of hydrogen-bond donors (Lipinski definition) is 2. The second kappa shape index (κ2) is 11.5. The van der Waals surface area contributed by atoms with Crippen molar-refractivity contribution in [1.29, 1.82) is 0 Å². The number of rotatable bonds is 10. The predicted octanol–water partition coefficient (Wildman–Crippen LogP) is 5.95. The van der Waals surface area contributed by atoms with Crippen molar-refractivity contribution in [2.24, 2.45) is 5.16 Å². The van der Waals surface area contributed by atoms with Crippen molar-refractivity contribution in [2.45, 2.75) is 12.1 Å². The summed E-state index contributed by atoms with van der Waals surface area (Å²) >= 11 is 1.30. The van der Waals surface area contributed by atoms with Gasteiger partial charge in [-0.15, -0.1) is 11.3 Å². The molecule has 2 aromatic heterocycles. The van der Waals surface area contributed by atoms with Crippen LogP contribution in [0.15, 0.2) is 126 Å². The van der Waals surface area contributed by atoms with Crippen LogP contribution in [0.3, 0.4) is 0 Å². The molecule has 0 unspecified atom stereocenters. The number of oxime groups is 1. The Kier molecular flexibility index (Phi) is 7.52. The number of nitrogens with zero attached hydrogens (tertiary/aromatic N) is 3. The largest absolute Gasteiger partial charge is 0.476 e. The standard InChI is InChI=1S/C30H24N4O3S/c35-28(36)27(34-37-20-22-11-10-18-31-19-22)26-21-38-29(32-26)33-30(23-12-4-1-5-13-23,24-14-6-2-7-15-24)25-16-8-3-9-17-25/h1-19,21H,20H2,(H,32,33)(H,35,36). The summed E-state index contributed by atoms with van der Waals surface area (Å²) in [7, 11) is 0. The Morgan fingerprint density at radius 1 is 0.868 bits per heavy atom. The minimum atomic E-state index is -1.23. The van der Waals surface area contributed by atoms with Crippen LogP contribution in [0.5, 0.6) is 0 Å². The Bertz CT molecular complexity index is 1410. The first kappa shape index (κ1) is 24.9. The molecule has 0 atom stereocenters. The van der Waals surface area contributed by atoms with E-state index < -0.39 is 11.5 Å². The van der Waals surface area contributed by atoms with Gasteiger partial charge in [-0.25, -0.2) is 9.78 Å². The van der Waals surface area contributed by atoms with E-state index in [0.717, 1.165) is 22.3 Å². The lowest BCUT2D eigenvalue weighted by Gasteiger charge is -2.36. The van der Waals surface area contributed by atoms with Gasteiger partial charge in [0.25, 0.3) is 0 Å². The molecule has 7 nitrogen and oxygen atoms in total. The first-order valence-electron chi connectivity index (χ1n) is 11.9. The van der Waals surface area contributed by atoms with E-state index in [1.54, 1.807) is 23.8 Å². The zero-order valence-corrected chi connectivity index (χ0v) is 21.1. The summed E-state index contributed by atoms with van der Waals surface area (Å²) < 4.78 is 0. The summed E-state index contributed by atoms with van der Waals surface area (Å²) in [5, 5.41) is 19.5. The van der Waals surface area contributed by atoms with Gasteiger partial charge < -0.3 is 15.3 Å². The quantitative estimate of drug-likeness (QED) is 0.134. The fourth-order valence-electron chi connectivity index (χ4n) is 4.23. The van der Waals surface area contributed by atoms with Crippen molar-refractivity contribution >= 4 is 28.1 Å². The molecule has 38 heavy (non-hydrogen) atoms. The van der Waals surface area contributed by atoms with Crippen LogP contribution in [0.4, 0.5) is 5.13 Å². The van der Waals surface area contributed by atoms with E-state index in [1.807, 2.05) is 60.7 Å². The smallest absolute Gasteiger partial charge is 0.360 e. The number of carbonyl (C=O) groups is 1. The van der Waals surface area contributed by atoms with Gasteiger partial charge in [0.2, 0.25) is 5.71 Å². The highest BCUT2D eigenvalue weighted by molar-refractivity contribution is 7.14. The van der Waals surface area contributed by atoms with Gasteiger partial charge in [-0.2, -0.15) is 0 Å². The molecule has 0 bridgehead atoms. The van der Waals surface area contributed by atoms with E-state index in [0.29, 0.717) is 5.13 Å². The van der Waals surface area contributed by atoms with Crippen LogP contribution in [0.2, 0.25) is 0 Å². The van der Waals surface area contributed by atoms with Crippen LogP contribution in [0.25, 0.3) is 0 Å². The first-order valence-corrected chi connectivity index (χ1v) is 12.8. The number of aromatic nitrogens is 2.